The van der Waals surface area contributed by atoms with E-state index in [2.05, 4.69) is 45.0 Å². The van der Waals surface area contributed by atoms with Gasteiger partial charge in [0, 0.05) is 31.9 Å². The zero-order chi connectivity index (χ0) is 17.4. The number of benzene rings is 2. The highest BCUT2D eigenvalue weighted by atomic mass is 16.6. The molecule has 0 N–H and O–H groups in total. The quantitative estimate of drug-likeness (QED) is 0.535. The molecule has 0 aliphatic carbocycles. The molecule has 0 atom stereocenters. The van der Waals surface area contributed by atoms with Gasteiger partial charge in [-0.05, 0) is 47.1 Å². The average Bonchev–Trinajstić information content (AvgIpc) is 3.09. The molecule has 128 valence electrons. The van der Waals surface area contributed by atoms with Crippen molar-refractivity contribution in [3.63, 3.8) is 0 Å². The van der Waals surface area contributed by atoms with Crippen LogP contribution in [0.3, 0.4) is 0 Å². The maximum Gasteiger partial charge on any atom is 0.323 e. The number of nitrogens with zero attached hydrogens (tertiary/aromatic N) is 5. The molecule has 2 heterocycles. The lowest BCUT2D eigenvalue weighted by Gasteiger charge is -2.37. The number of anilines is 2. The van der Waals surface area contributed by atoms with Gasteiger partial charge < -0.3 is 9.80 Å². The molecule has 8 nitrogen and oxygen atoms in total. The Labute approximate surface area is 143 Å². The van der Waals surface area contributed by atoms with Gasteiger partial charge in [0.1, 0.15) is 11.2 Å². The molecular formula is C17H17N5O3. The zero-order valence-electron chi connectivity index (χ0n) is 13.8. The number of aryl methyl sites for hydroxylation is 1. The number of hydrogen-bond donors (Lipinski definition) is 0. The number of nitro benzene ring substituents is 1. The molecule has 0 radical (unpaired) electrons. The van der Waals surface area contributed by atoms with E-state index in [1.165, 1.54) is 11.3 Å². The van der Waals surface area contributed by atoms with Crippen LogP contribution >= 0.6 is 0 Å². The molecule has 0 saturated carbocycles. The van der Waals surface area contributed by atoms with Crippen LogP contribution in [-0.4, -0.2) is 41.4 Å². The van der Waals surface area contributed by atoms with Gasteiger partial charge in [0.2, 0.25) is 5.52 Å². The van der Waals surface area contributed by atoms with Crippen molar-refractivity contribution in [2.24, 2.45) is 0 Å². The minimum Gasteiger partial charge on any atom is -0.368 e. The molecule has 1 aliphatic rings. The summed E-state index contributed by atoms with van der Waals surface area (Å²) in [5.41, 5.74) is 3.53. The first-order valence-electron chi connectivity index (χ1n) is 8.10. The van der Waals surface area contributed by atoms with Crippen LogP contribution in [0.5, 0.6) is 0 Å². The van der Waals surface area contributed by atoms with Crippen LogP contribution in [0.15, 0.2) is 41.0 Å². The third-order valence-electron chi connectivity index (χ3n) is 4.55. The molecule has 1 aromatic heterocycles. The number of rotatable bonds is 3. The summed E-state index contributed by atoms with van der Waals surface area (Å²) in [5, 5.41) is 19.0. The zero-order valence-corrected chi connectivity index (χ0v) is 13.8. The molecule has 4 rings (SSSR count). The van der Waals surface area contributed by atoms with E-state index in [1.807, 2.05) is 11.0 Å². The number of hydrogen-bond acceptors (Lipinski definition) is 7. The molecule has 8 heteroatoms. The molecule has 0 bridgehead atoms. The van der Waals surface area contributed by atoms with E-state index in [0.717, 1.165) is 13.1 Å². The predicted molar refractivity (Wildman–Crippen MR) is 94.1 cm³/mol. The lowest BCUT2D eigenvalue weighted by atomic mass is 10.1. The normalized spacial score (nSPS) is 14.9. The van der Waals surface area contributed by atoms with Crippen LogP contribution in [0.25, 0.3) is 11.0 Å². The van der Waals surface area contributed by atoms with Gasteiger partial charge in [-0.15, -0.1) is 0 Å². The summed E-state index contributed by atoms with van der Waals surface area (Å²) < 4.78 is 4.65. The molecular weight excluding hydrogens is 322 g/mol. The fourth-order valence-corrected chi connectivity index (χ4v) is 3.29. The lowest BCUT2D eigenvalue weighted by molar-refractivity contribution is -0.382. The molecule has 1 fully saturated rings. The third-order valence-corrected chi connectivity index (χ3v) is 4.55. The van der Waals surface area contributed by atoms with Gasteiger partial charge in [-0.3, -0.25) is 10.1 Å². The van der Waals surface area contributed by atoms with Crippen LogP contribution in [-0.2, 0) is 0 Å². The van der Waals surface area contributed by atoms with Crippen molar-refractivity contribution in [2.45, 2.75) is 6.92 Å². The van der Waals surface area contributed by atoms with Gasteiger partial charge in [0.15, 0.2) is 0 Å². The molecule has 2 aromatic carbocycles. The Hall–Kier alpha value is -3.16. The smallest absolute Gasteiger partial charge is 0.323 e. The van der Waals surface area contributed by atoms with E-state index in [4.69, 9.17) is 0 Å². The van der Waals surface area contributed by atoms with Crippen molar-refractivity contribution in [1.82, 2.24) is 10.3 Å². The van der Waals surface area contributed by atoms with Crippen LogP contribution in [0.4, 0.5) is 17.1 Å². The van der Waals surface area contributed by atoms with Crippen molar-refractivity contribution in [2.75, 3.05) is 36.0 Å². The summed E-state index contributed by atoms with van der Waals surface area (Å²) in [5.74, 6) is 0. The number of piperazine rings is 1. The maximum absolute atomic E-state index is 11.6. The highest BCUT2D eigenvalue weighted by Gasteiger charge is 2.28. The standard InChI is InChI=1S/C17H17N5O3/c1-12-3-2-4-13(11-12)20-7-9-21(10-8-20)15-6-5-14-16(19-25-18-14)17(15)22(23)24/h2-6,11H,7-10H2,1H3. The molecule has 1 aliphatic heterocycles. The predicted octanol–water partition coefficient (Wildman–Crippen LogP) is 2.77. The van der Waals surface area contributed by atoms with Gasteiger partial charge in [-0.25, -0.2) is 4.63 Å². The first kappa shape index (κ1) is 15.4. The van der Waals surface area contributed by atoms with Crippen LogP contribution < -0.4 is 9.80 Å². The van der Waals surface area contributed by atoms with E-state index in [0.29, 0.717) is 24.3 Å². The maximum atomic E-state index is 11.6. The van der Waals surface area contributed by atoms with E-state index in [9.17, 15) is 10.1 Å². The van der Waals surface area contributed by atoms with Crippen molar-refractivity contribution in [1.29, 1.82) is 0 Å². The second-order valence-electron chi connectivity index (χ2n) is 6.14. The highest BCUT2D eigenvalue weighted by molar-refractivity contribution is 5.91. The van der Waals surface area contributed by atoms with E-state index in [-0.39, 0.29) is 11.2 Å². The lowest BCUT2D eigenvalue weighted by Crippen LogP contribution is -2.46. The largest absolute Gasteiger partial charge is 0.368 e. The number of nitro groups is 1. The highest BCUT2D eigenvalue weighted by Crippen LogP contribution is 2.35. The topological polar surface area (TPSA) is 88.5 Å². The van der Waals surface area contributed by atoms with E-state index in [1.54, 1.807) is 12.1 Å². The first-order chi connectivity index (χ1) is 12.1. The Balaban J connectivity index is 1.59. The fourth-order valence-electron chi connectivity index (χ4n) is 3.29. The summed E-state index contributed by atoms with van der Waals surface area (Å²) in [4.78, 5) is 15.5. The summed E-state index contributed by atoms with van der Waals surface area (Å²) in [6.45, 7) is 5.08. The van der Waals surface area contributed by atoms with Crippen LogP contribution in [0.1, 0.15) is 5.56 Å². The Morgan fingerprint density at radius 3 is 2.56 bits per heavy atom. The number of fused-ring (bicyclic) bond motifs is 1. The minimum atomic E-state index is -0.408. The third kappa shape index (κ3) is 2.75. The van der Waals surface area contributed by atoms with Crippen molar-refractivity contribution in [3.05, 3.63) is 52.1 Å². The second-order valence-corrected chi connectivity index (χ2v) is 6.14. The Morgan fingerprint density at radius 1 is 1.08 bits per heavy atom. The molecule has 25 heavy (non-hydrogen) atoms. The molecule has 0 amide bonds. The second kappa shape index (κ2) is 6.04. The summed E-state index contributed by atoms with van der Waals surface area (Å²) in [6.07, 6.45) is 0. The Morgan fingerprint density at radius 2 is 1.84 bits per heavy atom. The molecule has 3 aromatic rings. The van der Waals surface area contributed by atoms with Gasteiger partial charge in [0.05, 0.1) is 4.92 Å². The van der Waals surface area contributed by atoms with Gasteiger partial charge in [-0.2, -0.15) is 0 Å². The monoisotopic (exact) mass is 339 g/mol. The SMILES string of the molecule is Cc1cccc(N2CCN(c3ccc4nonc4c3[N+](=O)[O-])CC2)c1. The van der Waals surface area contributed by atoms with Crippen molar-refractivity contribution < 1.29 is 9.55 Å². The van der Waals surface area contributed by atoms with Gasteiger partial charge >= 0.3 is 5.69 Å². The summed E-state index contributed by atoms with van der Waals surface area (Å²) >= 11 is 0. The molecule has 0 unspecified atom stereocenters. The van der Waals surface area contributed by atoms with Gasteiger partial charge in [-0.1, -0.05) is 12.1 Å². The Kier molecular flexibility index (Phi) is 3.72. The first-order valence-corrected chi connectivity index (χ1v) is 8.10. The summed E-state index contributed by atoms with van der Waals surface area (Å²) in [6, 6.07) is 11.8. The van der Waals surface area contributed by atoms with Crippen LogP contribution in [0.2, 0.25) is 0 Å². The minimum absolute atomic E-state index is 0.0391. The van der Waals surface area contributed by atoms with E-state index >= 15 is 0 Å². The molecule has 0 spiro atoms. The number of aromatic nitrogens is 2. The van der Waals surface area contributed by atoms with Gasteiger partial charge in [0.25, 0.3) is 0 Å². The fraction of sp³-hybridized carbons (Fsp3) is 0.294. The Bertz CT molecular complexity index is 931. The molecule has 1 saturated heterocycles. The average molecular weight is 339 g/mol. The van der Waals surface area contributed by atoms with Crippen molar-refractivity contribution in [3.8, 4) is 0 Å². The summed E-state index contributed by atoms with van der Waals surface area (Å²) in [7, 11) is 0. The van der Waals surface area contributed by atoms with Crippen LogP contribution in [0, 0.1) is 17.0 Å². The van der Waals surface area contributed by atoms with E-state index < -0.39 is 4.92 Å². The van der Waals surface area contributed by atoms with Crippen molar-refractivity contribution >= 4 is 28.1 Å².